The van der Waals surface area contributed by atoms with Crippen molar-refractivity contribution in [3.05, 3.63) is 35.1 Å². The summed E-state index contributed by atoms with van der Waals surface area (Å²) in [5, 5.41) is 11.7. The van der Waals surface area contributed by atoms with Gasteiger partial charge in [0, 0.05) is 6.04 Å². The van der Waals surface area contributed by atoms with Gasteiger partial charge in [0.25, 0.3) is 5.91 Å². The number of aryl methyl sites for hydroxylation is 1. The van der Waals surface area contributed by atoms with Crippen LogP contribution in [0.25, 0.3) is 0 Å². The Balaban J connectivity index is 1.94. The van der Waals surface area contributed by atoms with Crippen molar-refractivity contribution in [1.29, 1.82) is 0 Å². The van der Waals surface area contributed by atoms with E-state index in [9.17, 15) is 14.0 Å². The zero-order valence-electron chi connectivity index (χ0n) is 11.4. The van der Waals surface area contributed by atoms with Gasteiger partial charge in [0.1, 0.15) is 5.82 Å². The number of halogens is 1. The Morgan fingerprint density at radius 3 is 2.45 bits per heavy atom. The average molecular weight is 279 g/mol. The molecule has 0 spiro atoms. The highest BCUT2D eigenvalue weighted by Gasteiger charge is 2.27. The third kappa shape index (κ3) is 3.35. The van der Waals surface area contributed by atoms with Gasteiger partial charge in [0.15, 0.2) is 0 Å². The molecule has 1 fully saturated rings. The Labute approximate surface area is 117 Å². The summed E-state index contributed by atoms with van der Waals surface area (Å²) in [6.45, 7) is 1.76. The molecule has 2 rings (SSSR count). The maximum Gasteiger partial charge on any atom is 0.306 e. The first kappa shape index (κ1) is 14.5. The van der Waals surface area contributed by atoms with Gasteiger partial charge in [-0.15, -0.1) is 0 Å². The highest BCUT2D eigenvalue weighted by atomic mass is 19.1. The molecular formula is C15H18FNO3. The largest absolute Gasteiger partial charge is 0.481 e. The van der Waals surface area contributed by atoms with Crippen LogP contribution < -0.4 is 5.32 Å². The van der Waals surface area contributed by atoms with Crippen molar-refractivity contribution in [2.24, 2.45) is 5.92 Å². The molecule has 1 amide bonds. The van der Waals surface area contributed by atoms with Crippen LogP contribution in [0.1, 0.15) is 41.6 Å². The molecule has 1 aromatic carbocycles. The van der Waals surface area contributed by atoms with Crippen molar-refractivity contribution in [2.75, 3.05) is 0 Å². The van der Waals surface area contributed by atoms with Crippen LogP contribution in [0.5, 0.6) is 0 Å². The second-order valence-corrected chi connectivity index (χ2v) is 5.34. The van der Waals surface area contributed by atoms with Gasteiger partial charge in [-0.1, -0.05) is 6.07 Å². The van der Waals surface area contributed by atoms with Gasteiger partial charge in [-0.3, -0.25) is 9.59 Å². The predicted octanol–water partition coefficient (Wildman–Crippen LogP) is 2.51. The summed E-state index contributed by atoms with van der Waals surface area (Å²) in [6.07, 6.45) is 2.35. The average Bonchev–Trinajstić information content (AvgIpc) is 2.39. The van der Waals surface area contributed by atoms with Crippen LogP contribution in [0.3, 0.4) is 0 Å². The molecule has 2 N–H and O–H groups in total. The standard InChI is InChI=1S/C15H18FNO3/c1-9-2-7-12(13(16)8-9)14(18)17-11-5-3-10(4-6-11)15(19)20/h2,7-8,10-11H,3-6H2,1H3,(H,17,18)(H,19,20). The first-order valence-corrected chi connectivity index (χ1v) is 6.77. The molecule has 108 valence electrons. The van der Waals surface area contributed by atoms with E-state index in [-0.39, 0.29) is 17.5 Å². The first-order chi connectivity index (χ1) is 9.47. The number of nitrogens with one attached hydrogen (secondary N) is 1. The number of carbonyl (C=O) groups excluding carboxylic acids is 1. The fraction of sp³-hybridized carbons (Fsp3) is 0.467. The van der Waals surface area contributed by atoms with Crippen LogP contribution in [0, 0.1) is 18.7 Å². The summed E-state index contributed by atoms with van der Waals surface area (Å²) in [4.78, 5) is 22.8. The van der Waals surface area contributed by atoms with E-state index in [0.29, 0.717) is 25.7 Å². The van der Waals surface area contributed by atoms with E-state index in [1.807, 2.05) is 0 Å². The van der Waals surface area contributed by atoms with E-state index in [1.54, 1.807) is 13.0 Å². The van der Waals surface area contributed by atoms with Gasteiger partial charge >= 0.3 is 5.97 Å². The van der Waals surface area contributed by atoms with Crippen molar-refractivity contribution in [1.82, 2.24) is 5.32 Å². The molecule has 0 bridgehead atoms. The number of carbonyl (C=O) groups is 2. The number of carboxylic acids is 1. The summed E-state index contributed by atoms with van der Waals surface area (Å²) in [5.41, 5.74) is 0.803. The number of amides is 1. The number of hydrogen-bond acceptors (Lipinski definition) is 2. The fourth-order valence-electron chi connectivity index (χ4n) is 2.55. The number of aliphatic carboxylic acids is 1. The zero-order valence-corrected chi connectivity index (χ0v) is 11.4. The van der Waals surface area contributed by atoms with Crippen molar-refractivity contribution >= 4 is 11.9 Å². The summed E-state index contributed by atoms with van der Waals surface area (Å²) in [6, 6.07) is 4.43. The highest BCUT2D eigenvalue weighted by molar-refractivity contribution is 5.94. The summed E-state index contributed by atoms with van der Waals surface area (Å²) in [5.74, 6) is -2.05. The molecule has 0 radical (unpaired) electrons. The molecular weight excluding hydrogens is 261 g/mol. The minimum atomic E-state index is -0.778. The highest BCUT2D eigenvalue weighted by Crippen LogP contribution is 2.24. The van der Waals surface area contributed by atoms with E-state index in [1.165, 1.54) is 12.1 Å². The minimum absolute atomic E-state index is 0.0379. The van der Waals surface area contributed by atoms with E-state index < -0.39 is 17.7 Å². The van der Waals surface area contributed by atoms with Crippen molar-refractivity contribution in [2.45, 2.75) is 38.6 Å². The van der Waals surface area contributed by atoms with Crippen LogP contribution in [-0.2, 0) is 4.79 Å². The lowest BCUT2D eigenvalue weighted by Gasteiger charge is -2.26. The van der Waals surface area contributed by atoms with Gasteiger partial charge in [0.05, 0.1) is 11.5 Å². The van der Waals surface area contributed by atoms with E-state index in [2.05, 4.69) is 5.32 Å². The van der Waals surface area contributed by atoms with Gasteiger partial charge in [0.2, 0.25) is 0 Å². The van der Waals surface area contributed by atoms with Gasteiger partial charge < -0.3 is 10.4 Å². The van der Waals surface area contributed by atoms with Gasteiger partial charge in [-0.2, -0.15) is 0 Å². The topological polar surface area (TPSA) is 66.4 Å². The Bertz CT molecular complexity index is 522. The van der Waals surface area contributed by atoms with E-state index in [4.69, 9.17) is 5.11 Å². The van der Waals surface area contributed by atoms with Crippen LogP contribution in [0.15, 0.2) is 18.2 Å². The minimum Gasteiger partial charge on any atom is -0.481 e. The second-order valence-electron chi connectivity index (χ2n) is 5.34. The SMILES string of the molecule is Cc1ccc(C(=O)NC2CCC(C(=O)O)CC2)c(F)c1. The number of carboxylic acid groups (broad SMARTS) is 1. The normalized spacial score (nSPS) is 22.3. The van der Waals surface area contributed by atoms with Crippen LogP contribution in [0.2, 0.25) is 0 Å². The molecule has 4 nitrogen and oxygen atoms in total. The quantitative estimate of drug-likeness (QED) is 0.893. The third-order valence-corrected chi connectivity index (χ3v) is 3.78. The lowest BCUT2D eigenvalue weighted by atomic mass is 9.86. The second kappa shape index (κ2) is 6.03. The Morgan fingerprint density at radius 2 is 1.90 bits per heavy atom. The van der Waals surface area contributed by atoms with Crippen LogP contribution >= 0.6 is 0 Å². The molecule has 20 heavy (non-hydrogen) atoms. The van der Waals surface area contributed by atoms with E-state index >= 15 is 0 Å². The molecule has 1 aliphatic carbocycles. The van der Waals surface area contributed by atoms with Crippen molar-refractivity contribution in [3.8, 4) is 0 Å². The number of rotatable bonds is 3. The maximum absolute atomic E-state index is 13.7. The third-order valence-electron chi connectivity index (χ3n) is 3.78. The maximum atomic E-state index is 13.7. The summed E-state index contributed by atoms with van der Waals surface area (Å²) >= 11 is 0. The Kier molecular flexibility index (Phi) is 4.37. The molecule has 1 aliphatic rings. The lowest BCUT2D eigenvalue weighted by Crippen LogP contribution is -2.39. The Morgan fingerprint density at radius 1 is 1.25 bits per heavy atom. The van der Waals surface area contributed by atoms with Gasteiger partial charge in [-0.25, -0.2) is 4.39 Å². The monoisotopic (exact) mass is 279 g/mol. The van der Waals surface area contributed by atoms with Crippen LogP contribution in [-0.4, -0.2) is 23.0 Å². The molecule has 0 aliphatic heterocycles. The molecule has 1 saturated carbocycles. The van der Waals surface area contributed by atoms with Crippen molar-refractivity contribution < 1.29 is 19.1 Å². The molecule has 0 atom stereocenters. The molecule has 0 unspecified atom stereocenters. The molecule has 0 saturated heterocycles. The molecule has 0 aromatic heterocycles. The number of hydrogen-bond donors (Lipinski definition) is 2. The van der Waals surface area contributed by atoms with Crippen molar-refractivity contribution in [3.63, 3.8) is 0 Å². The van der Waals surface area contributed by atoms with E-state index in [0.717, 1.165) is 5.56 Å². The number of benzene rings is 1. The smallest absolute Gasteiger partial charge is 0.306 e. The first-order valence-electron chi connectivity index (χ1n) is 6.77. The predicted molar refractivity (Wildman–Crippen MR) is 72.0 cm³/mol. The van der Waals surface area contributed by atoms with Crippen LogP contribution in [0.4, 0.5) is 4.39 Å². The summed E-state index contributed by atoms with van der Waals surface area (Å²) in [7, 11) is 0. The Hall–Kier alpha value is -1.91. The molecule has 1 aromatic rings. The fourth-order valence-corrected chi connectivity index (χ4v) is 2.55. The lowest BCUT2D eigenvalue weighted by molar-refractivity contribution is -0.142. The zero-order chi connectivity index (χ0) is 14.7. The summed E-state index contributed by atoms with van der Waals surface area (Å²) < 4.78 is 13.7. The van der Waals surface area contributed by atoms with Gasteiger partial charge in [-0.05, 0) is 50.3 Å². The molecule has 0 heterocycles. The molecule has 5 heteroatoms.